The van der Waals surface area contributed by atoms with Gasteiger partial charge in [0, 0.05) is 13.6 Å². The molecule has 0 aromatic carbocycles. The Morgan fingerprint density at radius 2 is 1.89 bits per heavy atom. The highest BCUT2D eigenvalue weighted by Crippen LogP contribution is 2.31. The van der Waals surface area contributed by atoms with Crippen molar-refractivity contribution >= 4 is 5.97 Å². The minimum atomic E-state index is -0.485. The van der Waals surface area contributed by atoms with Crippen LogP contribution >= 0.6 is 0 Å². The highest BCUT2D eigenvalue weighted by atomic mass is 16.5. The molecule has 18 heavy (non-hydrogen) atoms. The lowest BCUT2D eigenvalue weighted by molar-refractivity contribution is -0.151. The van der Waals surface area contributed by atoms with Gasteiger partial charge >= 0.3 is 5.97 Å². The van der Waals surface area contributed by atoms with Crippen molar-refractivity contribution in [2.45, 2.75) is 58.4 Å². The molecule has 0 heterocycles. The number of hydrogen-bond donors (Lipinski definition) is 1. The third kappa shape index (κ3) is 4.25. The number of carbonyl (C=O) groups excluding carboxylic acids is 1. The van der Waals surface area contributed by atoms with Crippen LogP contribution < -0.4 is 5.43 Å². The zero-order chi connectivity index (χ0) is 13.8. The molecular formula is C14H28N2O2. The van der Waals surface area contributed by atoms with E-state index in [2.05, 4.69) is 26.2 Å². The van der Waals surface area contributed by atoms with Crippen molar-refractivity contribution < 1.29 is 9.53 Å². The van der Waals surface area contributed by atoms with Gasteiger partial charge in [0.2, 0.25) is 0 Å². The molecular weight excluding hydrogens is 228 g/mol. The van der Waals surface area contributed by atoms with Gasteiger partial charge in [-0.05, 0) is 24.7 Å². The van der Waals surface area contributed by atoms with Crippen LogP contribution in [-0.4, -0.2) is 37.2 Å². The van der Waals surface area contributed by atoms with E-state index in [9.17, 15) is 4.79 Å². The van der Waals surface area contributed by atoms with Crippen LogP contribution in [0.15, 0.2) is 0 Å². The monoisotopic (exact) mass is 256 g/mol. The molecule has 1 saturated carbocycles. The maximum Gasteiger partial charge on any atom is 0.327 e. The fourth-order valence-electron chi connectivity index (χ4n) is 2.46. The van der Waals surface area contributed by atoms with E-state index in [0.29, 0.717) is 5.41 Å². The van der Waals surface area contributed by atoms with Gasteiger partial charge in [0.1, 0.15) is 5.54 Å². The fraction of sp³-hybridized carbons (Fsp3) is 0.929. The molecule has 0 unspecified atom stereocenters. The average Bonchev–Trinajstić information content (AvgIpc) is 2.74. The summed E-state index contributed by atoms with van der Waals surface area (Å²) in [5.41, 5.74) is 3.20. The Bertz CT molecular complexity index is 278. The standard InChI is InChI=1S/C14H28N2O2/c1-13(2,3)10-11-16(4)15-14(12(17)18-5)8-6-7-9-14/h15H,6-11H2,1-5H3. The maximum absolute atomic E-state index is 12.0. The molecule has 0 radical (unpaired) electrons. The number of nitrogens with one attached hydrogen (secondary N) is 1. The summed E-state index contributed by atoms with van der Waals surface area (Å²) in [5, 5.41) is 2.05. The van der Waals surface area contributed by atoms with E-state index in [1.165, 1.54) is 7.11 Å². The summed E-state index contributed by atoms with van der Waals surface area (Å²) < 4.78 is 4.96. The molecule has 0 spiro atoms. The number of esters is 1. The Morgan fingerprint density at radius 1 is 1.33 bits per heavy atom. The smallest absolute Gasteiger partial charge is 0.327 e. The SMILES string of the molecule is COC(=O)C1(NN(C)CCC(C)(C)C)CCCC1. The van der Waals surface area contributed by atoms with Crippen LogP contribution in [0.4, 0.5) is 0 Å². The van der Waals surface area contributed by atoms with Crippen molar-refractivity contribution in [3.05, 3.63) is 0 Å². The molecule has 1 N–H and O–H groups in total. The second-order valence-electron chi connectivity index (χ2n) is 6.62. The van der Waals surface area contributed by atoms with Crippen LogP contribution in [0.25, 0.3) is 0 Å². The second kappa shape index (κ2) is 6.02. The van der Waals surface area contributed by atoms with Crippen LogP contribution in [0.1, 0.15) is 52.9 Å². The summed E-state index contributed by atoms with van der Waals surface area (Å²) in [6, 6.07) is 0. The van der Waals surface area contributed by atoms with Crippen molar-refractivity contribution in [1.82, 2.24) is 10.4 Å². The lowest BCUT2D eigenvalue weighted by atomic mass is 9.92. The van der Waals surface area contributed by atoms with E-state index in [-0.39, 0.29) is 5.97 Å². The molecule has 0 aromatic rings. The molecule has 0 bridgehead atoms. The largest absolute Gasteiger partial charge is 0.468 e. The summed E-state index contributed by atoms with van der Waals surface area (Å²) in [6.07, 6.45) is 5.03. The van der Waals surface area contributed by atoms with Crippen LogP contribution in [-0.2, 0) is 9.53 Å². The van der Waals surface area contributed by atoms with Crippen molar-refractivity contribution in [3.63, 3.8) is 0 Å². The maximum atomic E-state index is 12.0. The molecule has 1 aliphatic rings. The van der Waals surface area contributed by atoms with Gasteiger partial charge in [-0.2, -0.15) is 0 Å². The molecule has 0 amide bonds. The Kier molecular flexibility index (Phi) is 5.17. The van der Waals surface area contributed by atoms with E-state index in [1.54, 1.807) is 0 Å². The van der Waals surface area contributed by atoms with Gasteiger partial charge in [0.05, 0.1) is 7.11 Å². The Labute approximate surface area is 111 Å². The summed E-state index contributed by atoms with van der Waals surface area (Å²) >= 11 is 0. The first-order valence-electron chi connectivity index (χ1n) is 6.86. The van der Waals surface area contributed by atoms with Crippen LogP contribution in [0.2, 0.25) is 0 Å². The highest BCUT2D eigenvalue weighted by Gasteiger charge is 2.43. The van der Waals surface area contributed by atoms with Crippen molar-refractivity contribution in [3.8, 4) is 0 Å². The molecule has 0 aromatic heterocycles. The minimum absolute atomic E-state index is 0.123. The first-order valence-corrected chi connectivity index (χ1v) is 6.86. The summed E-state index contributed by atoms with van der Waals surface area (Å²) in [7, 11) is 3.48. The third-order valence-electron chi connectivity index (χ3n) is 3.64. The number of methoxy groups -OCH3 is 1. The number of hydrazine groups is 1. The lowest BCUT2D eigenvalue weighted by Crippen LogP contribution is -2.57. The first-order chi connectivity index (χ1) is 8.29. The molecule has 1 fully saturated rings. The number of rotatable bonds is 5. The summed E-state index contributed by atoms with van der Waals surface area (Å²) in [4.78, 5) is 12.0. The first kappa shape index (κ1) is 15.4. The van der Waals surface area contributed by atoms with Gasteiger partial charge in [-0.1, -0.05) is 33.6 Å². The number of ether oxygens (including phenoxy) is 1. The van der Waals surface area contributed by atoms with Gasteiger partial charge in [0.25, 0.3) is 0 Å². The van der Waals surface area contributed by atoms with Gasteiger partial charge in [0.15, 0.2) is 0 Å². The molecule has 106 valence electrons. The normalized spacial score (nSPS) is 19.2. The Morgan fingerprint density at radius 3 is 2.33 bits per heavy atom. The predicted octanol–water partition coefficient (Wildman–Crippen LogP) is 2.34. The van der Waals surface area contributed by atoms with E-state index >= 15 is 0 Å². The quantitative estimate of drug-likeness (QED) is 0.605. The zero-order valence-corrected chi connectivity index (χ0v) is 12.5. The minimum Gasteiger partial charge on any atom is -0.468 e. The van der Waals surface area contributed by atoms with E-state index < -0.39 is 5.54 Å². The molecule has 4 nitrogen and oxygen atoms in total. The van der Waals surface area contributed by atoms with Crippen molar-refractivity contribution in [2.75, 3.05) is 20.7 Å². The molecule has 4 heteroatoms. The third-order valence-corrected chi connectivity index (χ3v) is 3.64. The number of carbonyl (C=O) groups is 1. The molecule has 1 rings (SSSR count). The van der Waals surface area contributed by atoms with Gasteiger partial charge in [-0.25, -0.2) is 10.4 Å². The molecule has 0 aliphatic heterocycles. The number of hydrogen-bond acceptors (Lipinski definition) is 4. The summed E-state index contributed by atoms with van der Waals surface area (Å²) in [5.74, 6) is -0.123. The zero-order valence-electron chi connectivity index (χ0n) is 12.5. The molecule has 1 aliphatic carbocycles. The fourth-order valence-corrected chi connectivity index (χ4v) is 2.46. The topological polar surface area (TPSA) is 41.6 Å². The lowest BCUT2D eigenvalue weighted by Gasteiger charge is -2.33. The van der Waals surface area contributed by atoms with Gasteiger partial charge < -0.3 is 4.74 Å². The Hall–Kier alpha value is -0.610. The molecule has 0 atom stereocenters. The highest BCUT2D eigenvalue weighted by molar-refractivity contribution is 5.81. The van der Waals surface area contributed by atoms with Crippen LogP contribution in [0, 0.1) is 5.41 Å². The number of nitrogens with zero attached hydrogens (tertiary/aromatic N) is 1. The summed E-state index contributed by atoms with van der Waals surface area (Å²) in [6.45, 7) is 7.62. The van der Waals surface area contributed by atoms with Crippen molar-refractivity contribution in [2.24, 2.45) is 5.41 Å². The second-order valence-corrected chi connectivity index (χ2v) is 6.62. The van der Waals surface area contributed by atoms with Crippen LogP contribution in [0.3, 0.4) is 0 Å². The van der Waals surface area contributed by atoms with Gasteiger partial charge in [-0.3, -0.25) is 4.79 Å². The van der Waals surface area contributed by atoms with Crippen molar-refractivity contribution in [1.29, 1.82) is 0 Å². The van der Waals surface area contributed by atoms with E-state index in [0.717, 1.165) is 38.6 Å². The van der Waals surface area contributed by atoms with Gasteiger partial charge in [-0.15, -0.1) is 0 Å². The van der Waals surface area contributed by atoms with E-state index in [4.69, 9.17) is 4.74 Å². The Balaban J connectivity index is 2.54. The average molecular weight is 256 g/mol. The van der Waals surface area contributed by atoms with E-state index in [1.807, 2.05) is 12.1 Å². The molecule has 0 saturated heterocycles. The van der Waals surface area contributed by atoms with Crippen LogP contribution in [0.5, 0.6) is 0 Å². The predicted molar refractivity (Wildman–Crippen MR) is 73.1 cm³/mol.